The van der Waals surface area contributed by atoms with Crippen LogP contribution in [0.3, 0.4) is 0 Å². The molecule has 1 aromatic carbocycles. The number of rotatable bonds is 2. The second-order valence-corrected chi connectivity index (χ2v) is 7.09. The van der Waals surface area contributed by atoms with Crippen LogP contribution in [0.25, 0.3) is 0 Å². The van der Waals surface area contributed by atoms with Crippen molar-refractivity contribution in [3.8, 4) is 0 Å². The highest BCUT2D eigenvalue weighted by Crippen LogP contribution is 2.46. The topological polar surface area (TPSA) is 35.2 Å². The van der Waals surface area contributed by atoms with Crippen molar-refractivity contribution in [1.82, 2.24) is 0 Å². The van der Waals surface area contributed by atoms with Gasteiger partial charge in [0.2, 0.25) is 0 Å². The van der Waals surface area contributed by atoms with Crippen LogP contribution in [0.2, 0.25) is 0 Å². The van der Waals surface area contributed by atoms with E-state index >= 15 is 0 Å². The molecule has 1 heterocycles. The summed E-state index contributed by atoms with van der Waals surface area (Å²) in [7, 11) is 0. The molecule has 1 saturated carbocycles. The van der Waals surface area contributed by atoms with Gasteiger partial charge in [-0.1, -0.05) is 37.1 Å². The number of hydrogen-bond donors (Lipinski definition) is 1. The van der Waals surface area contributed by atoms with Crippen molar-refractivity contribution in [2.45, 2.75) is 69.1 Å². The molecule has 3 atom stereocenters. The first-order valence-corrected chi connectivity index (χ1v) is 8.27. The average Bonchev–Trinajstić information content (AvgIpc) is 3.15. The molecule has 2 nitrogen and oxygen atoms in total. The number of hydrogen-bond acceptors (Lipinski definition) is 2. The van der Waals surface area contributed by atoms with Crippen molar-refractivity contribution in [2.75, 3.05) is 0 Å². The van der Waals surface area contributed by atoms with E-state index in [0.29, 0.717) is 12.0 Å². The molecule has 2 fully saturated rings. The van der Waals surface area contributed by atoms with E-state index in [2.05, 4.69) is 24.3 Å². The van der Waals surface area contributed by atoms with Gasteiger partial charge in [-0.05, 0) is 55.6 Å². The fraction of sp³-hybridized carbons (Fsp3) is 0.667. The Hall–Kier alpha value is -0.860. The van der Waals surface area contributed by atoms with Crippen molar-refractivity contribution in [3.63, 3.8) is 0 Å². The first-order chi connectivity index (χ1) is 9.76. The minimum absolute atomic E-state index is 0.218. The van der Waals surface area contributed by atoms with E-state index in [-0.39, 0.29) is 11.6 Å². The number of fused-ring (bicyclic) bond motifs is 1. The van der Waals surface area contributed by atoms with Crippen molar-refractivity contribution < 1.29 is 4.74 Å². The molecular weight excluding hydrogens is 246 g/mol. The predicted octanol–water partition coefficient (Wildman–Crippen LogP) is 3.74. The minimum Gasteiger partial charge on any atom is -0.372 e. The van der Waals surface area contributed by atoms with E-state index in [1.165, 1.54) is 49.7 Å². The molecule has 20 heavy (non-hydrogen) atoms. The highest BCUT2D eigenvalue weighted by atomic mass is 16.5. The summed E-state index contributed by atoms with van der Waals surface area (Å²) in [6.45, 7) is 0. The lowest BCUT2D eigenvalue weighted by molar-refractivity contribution is -0.0448. The van der Waals surface area contributed by atoms with Crippen molar-refractivity contribution >= 4 is 0 Å². The fourth-order valence-electron chi connectivity index (χ4n) is 4.72. The normalized spacial score (nSPS) is 34.8. The van der Waals surface area contributed by atoms with E-state index in [9.17, 15) is 0 Å². The van der Waals surface area contributed by atoms with Gasteiger partial charge in [-0.3, -0.25) is 0 Å². The standard InChI is InChI=1S/C18H25NO/c19-17-14(11-13-5-1-2-6-16(13)17)12-15-7-10-18(20-15)8-3-4-9-18/h1-2,5-6,14-15,17H,3-4,7-12,19H2. The molecule has 2 aliphatic carbocycles. The zero-order valence-electron chi connectivity index (χ0n) is 12.2. The first-order valence-electron chi connectivity index (χ1n) is 8.27. The molecule has 3 unspecified atom stereocenters. The summed E-state index contributed by atoms with van der Waals surface area (Å²) in [6.07, 6.45) is 10.6. The summed E-state index contributed by atoms with van der Waals surface area (Å²) in [4.78, 5) is 0. The van der Waals surface area contributed by atoms with Crippen molar-refractivity contribution in [1.29, 1.82) is 0 Å². The molecule has 2 heteroatoms. The summed E-state index contributed by atoms with van der Waals surface area (Å²) in [5.41, 5.74) is 9.55. The molecule has 0 amide bonds. The molecule has 4 rings (SSSR count). The molecule has 0 radical (unpaired) electrons. The van der Waals surface area contributed by atoms with E-state index in [1.54, 1.807) is 0 Å². The van der Waals surface area contributed by atoms with Gasteiger partial charge in [-0.15, -0.1) is 0 Å². The van der Waals surface area contributed by atoms with Gasteiger partial charge < -0.3 is 10.5 Å². The zero-order chi connectivity index (χ0) is 13.6. The Labute approximate surface area is 121 Å². The summed E-state index contributed by atoms with van der Waals surface area (Å²) in [5.74, 6) is 0.578. The Morgan fingerprint density at radius 1 is 1.15 bits per heavy atom. The number of nitrogens with two attached hydrogens (primary N) is 1. The molecule has 1 aromatic rings. The van der Waals surface area contributed by atoms with Crippen molar-refractivity contribution in [3.05, 3.63) is 35.4 Å². The lowest BCUT2D eigenvalue weighted by atomic mass is 9.92. The second kappa shape index (κ2) is 4.85. The summed E-state index contributed by atoms with van der Waals surface area (Å²) in [5, 5.41) is 0. The number of ether oxygens (including phenoxy) is 1. The maximum atomic E-state index is 6.46. The van der Waals surface area contributed by atoms with Gasteiger partial charge in [0.15, 0.2) is 0 Å². The Morgan fingerprint density at radius 3 is 2.75 bits per heavy atom. The minimum atomic E-state index is 0.218. The zero-order valence-corrected chi connectivity index (χ0v) is 12.2. The lowest BCUT2D eigenvalue weighted by Crippen LogP contribution is -2.27. The van der Waals surface area contributed by atoms with Gasteiger partial charge in [0.25, 0.3) is 0 Å². The van der Waals surface area contributed by atoms with E-state index in [4.69, 9.17) is 10.5 Å². The highest BCUT2D eigenvalue weighted by Gasteiger charge is 2.43. The molecule has 1 spiro atoms. The van der Waals surface area contributed by atoms with Crippen LogP contribution >= 0.6 is 0 Å². The SMILES string of the molecule is NC1c2ccccc2CC1CC1CCC2(CCCC2)O1. The fourth-order valence-corrected chi connectivity index (χ4v) is 4.72. The molecule has 2 N–H and O–H groups in total. The van der Waals surface area contributed by atoms with Gasteiger partial charge in [0.1, 0.15) is 0 Å². The third-order valence-corrected chi connectivity index (χ3v) is 5.82. The van der Waals surface area contributed by atoms with Gasteiger partial charge >= 0.3 is 0 Å². The Kier molecular flexibility index (Phi) is 3.12. The third-order valence-electron chi connectivity index (χ3n) is 5.82. The van der Waals surface area contributed by atoms with Gasteiger partial charge in [0, 0.05) is 6.04 Å². The summed E-state index contributed by atoms with van der Waals surface area (Å²) < 4.78 is 6.46. The van der Waals surface area contributed by atoms with Crippen LogP contribution in [-0.4, -0.2) is 11.7 Å². The predicted molar refractivity (Wildman–Crippen MR) is 80.5 cm³/mol. The van der Waals surface area contributed by atoms with Crippen LogP contribution in [-0.2, 0) is 11.2 Å². The maximum Gasteiger partial charge on any atom is 0.0687 e. The quantitative estimate of drug-likeness (QED) is 0.889. The van der Waals surface area contributed by atoms with Crippen LogP contribution in [0.4, 0.5) is 0 Å². The van der Waals surface area contributed by atoms with E-state index < -0.39 is 0 Å². The smallest absolute Gasteiger partial charge is 0.0687 e. The highest BCUT2D eigenvalue weighted by molar-refractivity contribution is 5.35. The largest absolute Gasteiger partial charge is 0.372 e. The number of benzene rings is 1. The van der Waals surface area contributed by atoms with Gasteiger partial charge in [-0.2, -0.15) is 0 Å². The average molecular weight is 271 g/mol. The molecule has 0 aromatic heterocycles. The molecule has 1 saturated heterocycles. The second-order valence-electron chi connectivity index (χ2n) is 7.09. The first kappa shape index (κ1) is 12.8. The lowest BCUT2D eigenvalue weighted by Gasteiger charge is -2.26. The Bertz CT molecular complexity index is 492. The molecule has 0 bridgehead atoms. The molecule has 108 valence electrons. The summed E-state index contributed by atoms with van der Waals surface area (Å²) >= 11 is 0. The van der Waals surface area contributed by atoms with E-state index in [0.717, 1.165) is 12.8 Å². The van der Waals surface area contributed by atoms with Crippen LogP contribution in [0, 0.1) is 5.92 Å². The molecule has 3 aliphatic rings. The Balaban J connectivity index is 1.42. The molecule has 1 aliphatic heterocycles. The Morgan fingerprint density at radius 2 is 1.95 bits per heavy atom. The monoisotopic (exact) mass is 271 g/mol. The van der Waals surface area contributed by atoms with E-state index in [1.807, 2.05) is 0 Å². The van der Waals surface area contributed by atoms with Gasteiger partial charge in [-0.25, -0.2) is 0 Å². The third kappa shape index (κ3) is 2.10. The van der Waals surface area contributed by atoms with Crippen LogP contribution in [0.15, 0.2) is 24.3 Å². The van der Waals surface area contributed by atoms with Crippen LogP contribution in [0.1, 0.15) is 62.1 Å². The maximum absolute atomic E-state index is 6.46. The molecular formula is C18H25NO. The van der Waals surface area contributed by atoms with Crippen molar-refractivity contribution in [2.24, 2.45) is 11.7 Å². The van der Waals surface area contributed by atoms with Gasteiger partial charge in [0.05, 0.1) is 11.7 Å². The van der Waals surface area contributed by atoms with Crippen LogP contribution in [0.5, 0.6) is 0 Å². The summed E-state index contributed by atoms with van der Waals surface area (Å²) in [6, 6.07) is 8.90. The van der Waals surface area contributed by atoms with Crippen LogP contribution < -0.4 is 5.73 Å².